The summed E-state index contributed by atoms with van der Waals surface area (Å²) < 4.78 is 0. The number of phenolic OH excluding ortho intramolecular Hbond substituents is 1. The fraction of sp³-hybridized carbons (Fsp3) is 0.455. The molecule has 2 N–H and O–H groups in total. The molecule has 128 valence electrons. The second kappa shape index (κ2) is 8.34. The van der Waals surface area contributed by atoms with E-state index < -0.39 is 0 Å². The van der Waals surface area contributed by atoms with Crippen LogP contribution in [0.5, 0.6) is 5.75 Å². The molecule has 1 fully saturated rings. The van der Waals surface area contributed by atoms with E-state index in [2.05, 4.69) is 54.7 Å². The molecule has 0 amide bonds. The first-order valence-electron chi connectivity index (χ1n) is 9.29. The van der Waals surface area contributed by atoms with Gasteiger partial charge in [0.2, 0.25) is 0 Å². The SMILES string of the molecule is C[C@H](CCc1ccccc1)NC1CCC(c2ccc(O)cc2)CC1. The Kier molecular flexibility index (Phi) is 5.92. The Morgan fingerprint density at radius 1 is 0.958 bits per heavy atom. The number of rotatable bonds is 6. The maximum absolute atomic E-state index is 9.42. The summed E-state index contributed by atoms with van der Waals surface area (Å²) in [5.74, 6) is 1.02. The molecular formula is C22H29NO. The molecule has 2 aromatic carbocycles. The monoisotopic (exact) mass is 323 g/mol. The molecule has 0 saturated heterocycles. The first kappa shape index (κ1) is 17.0. The van der Waals surface area contributed by atoms with E-state index in [9.17, 15) is 5.11 Å². The van der Waals surface area contributed by atoms with Gasteiger partial charge in [0.1, 0.15) is 5.75 Å². The van der Waals surface area contributed by atoms with E-state index in [0.717, 1.165) is 6.42 Å². The Bertz CT molecular complexity index is 600. The molecule has 3 rings (SSSR count). The highest BCUT2D eigenvalue weighted by molar-refractivity contribution is 5.28. The summed E-state index contributed by atoms with van der Waals surface area (Å²) in [5.41, 5.74) is 2.81. The highest BCUT2D eigenvalue weighted by Crippen LogP contribution is 2.33. The van der Waals surface area contributed by atoms with Gasteiger partial charge in [0.15, 0.2) is 0 Å². The normalized spacial score (nSPS) is 22.2. The van der Waals surface area contributed by atoms with Crippen molar-refractivity contribution in [1.29, 1.82) is 0 Å². The number of hydrogen-bond acceptors (Lipinski definition) is 2. The van der Waals surface area contributed by atoms with Gasteiger partial charge >= 0.3 is 0 Å². The van der Waals surface area contributed by atoms with Crippen molar-refractivity contribution in [2.24, 2.45) is 0 Å². The smallest absolute Gasteiger partial charge is 0.115 e. The lowest BCUT2D eigenvalue weighted by atomic mass is 9.81. The quantitative estimate of drug-likeness (QED) is 0.781. The molecule has 24 heavy (non-hydrogen) atoms. The zero-order valence-corrected chi connectivity index (χ0v) is 14.6. The summed E-state index contributed by atoms with van der Waals surface area (Å²) in [4.78, 5) is 0. The number of hydrogen-bond donors (Lipinski definition) is 2. The lowest BCUT2D eigenvalue weighted by Gasteiger charge is -2.31. The van der Waals surface area contributed by atoms with Crippen molar-refractivity contribution in [3.8, 4) is 5.75 Å². The second-order valence-corrected chi connectivity index (χ2v) is 7.23. The summed E-state index contributed by atoms with van der Waals surface area (Å²) >= 11 is 0. The molecule has 1 atom stereocenters. The molecule has 1 aliphatic rings. The van der Waals surface area contributed by atoms with Gasteiger partial charge in [-0.05, 0) is 74.6 Å². The molecule has 0 unspecified atom stereocenters. The maximum atomic E-state index is 9.42. The van der Waals surface area contributed by atoms with Crippen molar-refractivity contribution >= 4 is 0 Å². The predicted octanol–water partition coefficient (Wildman–Crippen LogP) is 5.03. The summed E-state index contributed by atoms with van der Waals surface area (Å²) in [6.07, 6.45) is 7.34. The minimum atomic E-state index is 0.362. The van der Waals surface area contributed by atoms with Crippen molar-refractivity contribution in [1.82, 2.24) is 5.32 Å². The average Bonchev–Trinajstić information content (AvgIpc) is 2.62. The van der Waals surface area contributed by atoms with E-state index in [-0.39, 0.29) is 0 Å². The molecular weight excluding hydrogens is 294 g/mol. The highest BCUT2D eigenvalue weighted by Gasteiger charge is 2.23. The van der Waals surface area contributed by atoms with Gasteiger partial charge in [0.05, 0.1) is 0 Å². The fourth-order valence-electron chi connectivity index (χ4n) is 3.85. The van der Waals surface area contributed by atoms with Crippen molar-refractivity contribution in [2.75, 3.05) is 0 Å². The summed E-state index contributed by atoms with van der Waals surface area (Å²) in [5, 5.41) is 13.2. The number of benzene rings is 2. The third-order valence-electron chi connectivity index (χ3n) is 5.32. The third kappa shape index (κ3) is 4.85. The van der Waals surface area contributed by atoms with Gasteiger partial charge in [0.25, 0.3) is 0 Å². The number of nitrogens with one attached hydrogen (secondary N) is 1. The van der Waals surface area contributed by atoms with Crippen LogP contribution >= 0.6 is 0 Å². The first-order chi connectivity index (χ1) is 11.7. The molecule has 2 aromatic rings. The molecule has 1 saturated carbocycles. The van der Waals surface area contributed by atoms with Crippen molar-refractivity contribution in [2.45, 2.75) is 63.5 Å². The van der Waals surface area contributed by atoms with Crippen LogP contribution in [-0.4, -0.2) is 17.2 Å². The van der Waals surface area contributed by atoms with E-state index >= 15 is 0 Å². The Morgan fingerprint density at radius 3 is 2.29 bits per heavy atom. The van der Waals surface area contributed by atoms with E-state index in [4.69, 9.17) is 0 Å². The molecule has 0 aliphatic heterocycles. The molecule has 0 radical (unpaired) electrons. The summed E-state index contributed by atoms with van der Waals surface area (Å²) in [6, 6.07) is 19.8. The summed E-state index contributed by atoms with van der Waals surface area (Å²) in [6.45, 7) is 2.31. The van der Waals surface area contributed by atoms with Crippen LogP contribution in [0.3, 0.4) is 0 Å². The zero-order chi connectivity index (χ0) is 16.8. The number of aromatic hydroxyl groups is 1. The van der Waals surface area contributed by atoms with Gasteiger partial charge in [-0.25, -0.2) is 0 Å². The van der Waals surface area contributed by atoms with Crippen LogP contribution in [0.1, 0.15) is 56.1 Å². The summed E-state index contributed by atoms with van der Waals surface area (Å²) in [7, 11) is 0. The lowest BCUT2D eigenvalue weighted by molar-refractivity contribution is 0.314. The van der Waals surface area contributed by atoms with Crippen LogP contribution in [-0.2, 0) is 6.42 Å². The third-order valence-corrected chi connectivity index (χ3v) is 5.32. The molecule has 0 heterocycles. The van der Waals surface area contributed by atoms with Crippen LogP contribution in [0.2, 0.25) is 0 Å². The largest absolute Gasteiger partial charge is 0.508 e. The fourth-order valence-corrected chi connectivity index (χ4v) is 3.85. The van der Waals surface area contributed by atoms with Gasteiger partial charge in [-0.2, -0.15) is 0 Å². The van der Waals surface area contributed by atoms with E-state index in [0.29, 0.717) is 23.8 Å². The predicted molar refractivity (Wildman–Crippen MR) is 100 cm³/mol. The van der Waals surface area contributed by atoms with Crippen LogP contribution in [0.4, 0.5) is 0 Å². The Morgan fingerprint density at radius 2 is 1.62 bits per heavy atom. The lowest BCUT2D eigenvalue weighted by Crippen LogP contribution is -2.39. The molecule has 0 bridgehead atoms. The number of phenols is 1. The van der Waals surface area contributed by atoms with Gasteiger partial charge in [-0.15, -0.1) is 0 Å². The van der Waals surface area contributed by atoms with Crippen LogP contribution < -0.4 is 5.32 Å². The highest BCUT2D eigenvalue weighted by atomic mass is 16.3. The van der Waals surface area contributed by atoms with Crippen molar-refractivity contribution in [3.05, 3.63) is 65.7 Å². The minimum absolute atomic E-state index is 0.362. The molecule has 2 nitrogen and oxygen atoms in total. The average molecular weight is 323 g/mol. The van der Waals surface area contributed by atoms with E-state index in [1.165, 1.54) is 43.2 Å². The zero-order valence-electron chi connectivity index (χ0n) is 14.6. The minimum Gasteiger partial charge on any atom is -0.508 e. The van der Waals surface area contributed by atoms with Crippen molar-refractivity contribution < 1.29 is 5.11 Å². The van der Waals surface area contributed by atoms with Crippen molar-refractivity contribution in [3.63, 3.8) is 0 Å². The standard InChI is InChI=1S/C22H29NO/c1-17(7-8-18-5-3-2-4-6-18)23-21-13-9-19(10-14-21)20-11-15-22(24)16-12-20/h2-6,11-12,15-17,19,21,23-24H,7-10,13-14H2,1H3/t17-,19?,21?/m1/s1. The maximum Gasteiger partial charge on any atom is 0.115 e. The second-order valence-electron chi connectivity index (χ2n) is 7.23. The number of aryl methyl sites for hydroxylation is 1. The van der Waals surface area contributed by atoms with Crippen LogP contribution in [0.25, 0.3) is 0 Å². The topological polar surface area (TPSA) is 32.3 Å². The van der Waals surface area contributed by atoms with E-state index in [1.807, 2.05) is 12.1 Å². The molecule has 2 heteroatoms. The van der Waals surface area contributed by atoms with Gasteiger partial charge < -0.3 is 10.4 Å². The molecule has 0 aromatic heterocycles. The Labute approximate surface area is 145 Å². The van der Waals surface area contributed by atoms with Gasteiger partial charge in [0, 0.05) is 12.1 Å². The Balaban J connectivity index is 1.41. The molecule has 1 aliphatic carbocycles. The first-order valence-corrected chi connectivity index (χ1v) is 9.29. The van der Waals surface area contributed by atoms with Crippen LogP contribution in [0.15, 0.2) is 54.6 Å². The van der Waals surface area contributed by atoms with Gasteiger partial charge in [-0.3, -0.25) is 0 Å². The van der Waals surface area contributed by atoms with E-state index in [1.54, 1.807) is 0 Å². The van der Waals surface area contributed by atoms with Gasteiger partial charge in [-0.1, -0.05) is 42.5 Å². The van der Waals surface area contributed by atoms with Crippen LogP contribution in [0, 0.1) is 0 Å². The molecule has 0 spiro atoms. The Hall–Kier alpha value is -1.80.